The topological polar surface area (TPSA) is 72.9 Å². The Morgan fingerprint density at radius 2 is 2.29 bits per heavy atom. The second-order valence-electron chi connectivity index (χ2n) is 4.19. The summed E-state index contributed by atoms with van der Waals surface area (Å²) in [5.74, 6) is 0.521. The minimum absolute atomic E-state index is 0.0395. The second kappa shape index (κ2) is 3.35. The molecule has 0 bridgehead atoms. The van der Waals surface area contributed by atoms with Gasteiger partial charge in [-0.25, -0.2) is 4.98 Å². The number of anilines is 2. The van der Waals surface area contributed by atoms with E-state index in [1.165, 1.54) is 0 Å². The fourth-order valence-electron chi connectivity index (χ4n) is 2.01. The first-order valence-corrected chi connectivity index (χ1v) is 5.35. The molecule has 86 valence electrons. The Balaban J connectivity index is 2.05. The van der Waals surface area contributed by atoms with Gasteiger partial charge in [0.2, 0.25) is 5.91 Å². The van der Waals surface area contributed by atoms with E-state index >= 15 is 0 Å². The van der Waals surface area contributed by atoms with Crippen LogP contribution in [0.15, 0.2) is 24.4 Å². The van der Waals surface area contributed by atoms with Gasteiger partial charge < -0.3 is 15.6 Å². The van der Waals surface area contributed by atoms with Gasteiger partial charge in [0, 0.05) is 24.5 Å². The van der Waals surface area contributed by atoms with Crippen molar-refractivity contribution in [1.29, 1.82) is 0 Å². The summed E-state index contributed by atoms with van der Waals surface area (Å²) in [4.78, 5) is 15.5. The van der Waals surface area contributed by atoms with Gasteiger partial charge in [0.15, 0.2) is 5.95 Å². The first-order valence-electron chi connectivity index (χ1n) is 5.35. The van der Waals surface area contributed by atoms with Gasteiger partial charge in [-0.05, 0) is 17.7 Å². The number of amides is 1. The number of benzene rings is 1. The standard InChI is InChI=1S/C12H12N4O/c1-16-6-10(15-12(16)13)7-2-3-9-8(4-7)5-11(17)14-9/h2-4,6H,5H2,1H3,(H2,13,15)(H,14,17). The van der Waals surface area contributed by atoms with Gasteiger partial charge >= 0.3 is 0 Å². The van der Waals surface area contributed by atoms with E-state index in [9.17, 15) is 4.79 Å². The lowest BCUT2D eigenvalue weighted by Gasteiger charge is -2.00. The fourth-order valence-corrected chi connectivity index (χ4v) is 2.01. The molecule has 5 heteroatoms. The minimum Gasteiger partial charge on any atom is -0.369 e. The van der Waals surface area contributed by atoms with Crippen molar-refractivity contribution in [2.24, 2.45) is 7.05 Å². The number of imidazole rings is 1. The predicted octanol–water partition coefficient (Wildman–Crippen LogP) is 1.16. The second-order valence-corrected chi connectivity index (χ2v) is 4.19. The van der Waals surface area contributed by atoms with Gasteiger partial charge in [-0.3, -0.25) is 4.79 Å². The van der Waals surface area contributed by atoms with Crippen molar-refractivity contribution in [1.82, 2.24) is 9.55 Å². The lowest BCUT2D eigenvalue weighted by molar-refractivity contribution is -0.115. The van der Waals surface area contributed by atoms with Crippen molar-refractivity contribution in [3.8, 4) is 11.3 Å². The Kier molecular flexibility index (Phi) is 1.95. The highest BCUT2D eigenvalue weighted by molar-refractivity contribution is 5.99. The molecule has 2 aromatic rings. The average Bonchev–Trinajstić information content (AvgIpc) is 2.80. The largest absolute Gasteiger partial charge is 0.369 e. The zero-order valence-electron chi connectivity index (χ0n) is 9.40. The number of carbonyl (C=O) groups excluding carboxylic acids is 1. The Hall–Kier alpha value is -2.30. The average molecular weight is 228 g/mol. The Morgan fingerprint density at radius 3 is 3.00 bits per heavy atom. The molecule has 0 fully saturated rings. The number of nitrogens with zero attached hydrogens (tertiary/aromatic N) is 2. The molecule has 0 unspecified atom stereocenters. The molecule has 1 aromatic carbocycles. The maximum Gasteiger partial charge on any atom is 0.228 e. The van der Waals surface area contributed by atoms with Crippen LogP contribution >= 0.6 is 0 Å². The Bertz CT molecular complexity index is 595. The third-order valence-electron chi connectivity index (χ3n) is 2.94. The SMILES string of the molecule is Cn1cc(-c2ccc3c(c2)CC(=O)N3)nc1N. The molecular formula is C12H12N4O. The first-order chi connectivity index (χ1) is 8.13. The van der Waals surface area contributed by atoms with Crippen LogP contribution in [0, 0.1) is 0 Å². The summed E-state index contributed by atoms with van der Waals surface area (Å²) in [7, 11) is 1.85. The van der Waals surface area contributed by atoms with Crippen molar-refractivity contribution in [3.05, 3.63) is 30.0 Å². The van der Waals surface area contributed by atoms with E-state index in [0.29, 0.717) is 12.4 Å². The van der Waals surface area contributed by atoms with E-state index in [-0.39, 0.29) is 5.91 Å². The van der Waals surface area contributed by atoms with E-state index < -0.39 is 0 Å². The molecule has 2 heterocycles. The smallest absolute Gasteiger partial charge is 0.228 e. The van der Waals surface area contributed by atoms with Gasteiger partial charge in [0.25, 0.3) is 0 Å². The van der Waals surface area contributed by atoms with Crippen LogP contribution in [-0.2, 0) is 18.3 Å². The predicted molar refractivity (Wildman–Crippen MR) is 65.4 cm³/mol. The molecule has 1 aliphatic rings. The van der Waals surface area contributed by atoms with Crippen molar-refractivity contribution < 1.29 is 4.79 Å². The number of nitrogens with one attached hydrogen (secondary N) is 1. The minimum atomic E-state index is 0.0395. The zero-order chi connectivity index (χ0) is 12.0. The molecule has 17 heavy (non-hydrogen) atoms. The van der Waals surface area contributed by atoms with Gasteiger partial charge in [-0.1, -0.05) is 6.07 Å². The molecule has 0 radical (unpaired) electrons. The van der Waals surface area contributed by atoms with Crippen LogP contribution in [0.4, 0.5) is 11.6 Å². The molecule has 3 rings (SSSR count). The van der Waals surface area contributed by atoms with Crippen molar-refractivity contribution in [2.75, 3.05) is 11.1 Å². The summed E-state index contributed by atoms with van der Waals surface area (Å²) in [6.07, 6.45) is 2.31. The summed E-state index contributed by atoms with van der Waals surface area (Å²) >= 11 is 0. The summed E-state index contributed by atoms with van der Waals surface area (Å²) in [6.45, 7) is 0. The summed E-state index contributed by atoms with van der Waals surface area (Å²) < 4.78 is 1.77. The molecule has 5 nitrogen and oxygen atoms in total. The molecule has 3 N–H and O–H groups in total. The lowest BCUT2D eigenvalue weighted by atomic mass is 10.1. The summed E-state index contributed by atoms with van der Waals surface area (Å²) in [6, 6.07) is 5.82. The Labute approximate surface area is 98.3 Å². The molecule has 0 atom stereocenters. The van der Waals surface area contributed by atoms with Gasteiger partial charge in [-0.15, -0.1) is 0 Å². The number of carbonyl (C=O) groups is 1. The maximum absolute atomic E-state index is 11.3. The number of hydrogen-bond acceptors (Lipinski definition) is 3. The van der Waals surface area contributed by atoms with Gasteiger partial charge in [0.05, 0.1) is 12.1 Å². The van der Waals surface area contributed by atoms with Crippen LogP contribution < -0.4 is 11.1 Å². The zero-order valence-corrected chi connectivity index (χ0v) is 9.40. The summed E-state index contributed by atoms with van der Waals surface area (Å²) in [5, 5.41) is 2.80. The van der Waals surface area contributed by atoms with E-state index in [4.69, 9.17) is 5.73 Å². The van der Waals surface area contributed by atoms with Crippen LogP contribution in [0.3, 0.4) is 0 Å². The van der Waals surface area contributed by atoms with Crippen molar-refractivity contribution in [3.63, 3.8) is 0 Å². The number of aromatic nitrogens is 2. The van der Waals surface area contributed by atoms with Gasteiger partial charge in [0.1, 0.15) is 0 Å². The maximum atomic E-state index is 11.3. The highest BCUT2D eigenvalue weighted by atomic mass is 16.1. The third kappa shape index (κ3) is 1.56. The first kappa shape index (κ1) is 9.89. The Morgan fingerprint density at radius 1 is 1.47 bits per heavy atom. The van der Waals surface area contributed by atoms with Crippen LogP contribution in [0.5, 0.6) is 0 Å². The molecule has 1 aliphatic heterocycles. The summed E-state index contributed by atoms with van der Waals surface area (Å²) in [5.41, 5.74) is 9.41. The normalized spacial score (nSPS) is 13.6. The molecule has 1 amide bonds. The molecule has 0 aliphatic carbocycles. The van der Waals surface area contributed by atoms with E-state index in [1.807, 2.05) is 31.4 Å². The van der Waals surface area contributed by atoms with Crippen LogP contribution in [-0.4, -0.2) is 15.5 Å². The van der Waals surface area contributed by atoms with Gasteiger partial charge in [-0.2, -0.15) is 0 Å². The van der Waals surface area contributed by atoms with Crippen molar-refractivity contribution >= 4 is 17.5 Å². The number of nitrogens with two attached hydrogens (primary N) is 1. The molecule has 1 aromatic heterocycles. The number of rotatable bonds is 1. The fraction of sp³-hybridized carbons (Fsp3) is 0.167. The quantitative estimate of drug-likeness (QED) is 0.769. The number of fused-ring (bicyclic) bond motifs is 1. The van der Waals surface area contributed by atoms with E-state index in [0.717, 1.165) is 22.5 Å². The van der Waals surface area contributed by atoms with Crippen LogP contribution in [0.1, 0.15) is 5.56 Å². The third-order valence-corrected chi connectivity index (χ3v) is 2.94. The monoisotopic (exact) mass is 228 g/mol. The van der Waals surface area contributed by atoms with E-state index in [1.54, 1.807) is 4.57 Å². The van der Waals surface area contributed by atoms with Crippen molar-refractivity contribution in [2.45, 2.75) is 6.42 Å². The van der Waals surface area contributed by atoms with Crippen LogP contribution in [0.25, 0.3) is 11.3 Å². The highest BCUT2D eigenvalue weighted by Crippen LogP contribution is 2.28. The molecule has 0 spiro atoms. The lowest BCUT2D eigenvalue weighted by Crippen LogP contribution is -2.03. The molecule has 0 saturated carbocycles. The number of aryl methyl sites for hydroxylation is 1. The highest BCUT2D eigenvalue weighted by Gasteiger charge is 2.18. The molecule has 0 saturated heterocycles. The van der Waals surface area contributed by atoms with Crippen LogP contribution in [0.2, 0.25) is 0 Å². The van der Waals surface area contributed by atoms with E-state index in [2.05, 4.69) is 10.3 Å². The number of hydrogen-bond donors (Lipinski definition) is 2. The number of nitrogen functional groups attached to an aromatic ring is 1. The molecular weight excluding hydrogens is 216 g/mol.